The van der Waals surface area contributed by atoms with Gasteiger partial charge in [-0.05, 0) is 47.0 Å². The van der Waals surface area contributed by atoms with E-state index in [1.807, 2.05) is 24.6 Å². The maximum Gasteiger partial charge on any atom is 0.183 e. The van der Waals surface area contributed by atoms with Gasteiger partial charge in [-0.25, -0.2) is 4.99 Å². The van der Waals surface area contributed by atoms with Gasteiger partial charge in [0.1, 0.15) is 0 Å². The number of halogens is 2. The van der Waals surface area contributed by atoms with E-state index in [1.165, 1.54) is 11.8 Å². The van der Waals surface area contributed by atoms with Gasteiger partial charge in [-0.3, -0.25) is 5.32 Å². The molecular weight excluding hydrogens is 345 g/mol. The molecule has 0 radical (unpaired) electrons. The second kappa shape index (κ2) is 6.20. The third-order valence-electron chi connectivity index (χ3n) is 1.49. The second-order valence-corrected chi connectivity index (χ2v) is 4.85. The Morgan fingerprint density at radius 3 is 2.93 bits per heavy atom. The van der Waals surface area contributed by atoms with Crippen LogP contribution in [0, 0.1) is 15.0 Å². The molecular formula is C9H7ClIN3S. The van der Waals surface area contributed by atoms with E-state index in [-0.39, 0.29) is 0 Å². The molecule has 0 amide bonds. The number of nitriles is 1. The van der Waals surface area contributed by atoms with E-state index in [0.717, 1.165) is 9.26 Å². The van der Waals surface area contributed by atoms with Gasteiger partial charge in [0.05, 0.1) is 5.69 Å². The van der Waals surface area contributed by atoms with Crippen LogP contribution in [0.2, 0.25) is 5.02 Å². The van der Waals surface area contributed by atoms with Crippen molar-refractivity contribution in [1.29, 1.82) is 5.26 Å². The van der Waals surface area contributed by atoms with Crippen LogP contribution in [0.3, 0.4) is 0 Å². The van der Waals surface area contributed by atoms with E-state index < -0.39 is 0 Å². The smallest absolute Gasteiger partial charge is 0.183 e. The Balaban J connectivity index is 3.01. The average molecular weight is 352 g/mol. The lowest BCUT2D eigenvalue weighted by Crippen LogP contribution is -2.12. The van der Waals surface area contributed by atoms with Crippen LogP contribution < -0.4 is 5.32 Å². The van der Waals surface area contributed by atoms with Crippen molar-refractivity contribution in [1.82, 2.24) is 5.32 Å². The molecule has 0 atom stereocenters. The number of rotatable bonds is 1. The fourth-order valence-corrected chi connectivity index (χ4v) is 2.18. The lowest BCUT2D eigenvalue weighted by Gasteiger charge is -2.02. The number of benzene rings is 1. The molecule has 1 rings (SSSR count). The molecule has 1 N–H and O–H groups in total. The number of hydrogen-bond donors (Lipinski definition) is 1. The zero-order valence-electron chi connectivity index (χ0n) is 7.79. The predicted octanol–water partition coefficient (Wildman–Crippen LogP) is 3.37. The van der Waals surface area contributed by atoms with Gasteiger partial charge in [-0.1, -0.05) is 23.4 Å². The van der Waals surface area contributed by atoms with Gasteiger partial charge >= 0.3 is 0 Å². The number of amidine groups is 1. The fraction of sp³-hybridized carbons (Fsp3) is 0.111. The number of nitrogens with one attached hydrogen (secondary N) is 1. The molecule has 0 heterocycles. The van der Waals surface area contributed by atoms with Crippen molar-refractivity contribution < 1.29 is 0 Å². The van der Waals surface area contributed by atoms with Gasteiger partial charge < -0.3 is 0 Å². The van der Waals surface area contributed by atoms with Gasteiger partial charge in [0.15, 0.2) is 11.4 Å². The maximum atomic E-state index is 8.48. The Morgan fingerprint density at radius 2 is 2.40 bits per heavy atom. The number of hydrogen-bond acceptors (Lipinski definition) is 3. The first-order valence-electron chi connectivity index (χ1n) is 3.90. The van der Waals surface area contributed by atoms with Gasteiger partial charge in [0.25, 0.3) is 0 Å². The van der Waals surface area contributed by atoms with Crippen LogP contribution in [0.4, 0.5) is 5.69 Å². The number of thioether (sulfide) groups is 1. The highest BCUT2D eigenvalue weighted by Gasteiger charge is 2.01. The first-order valence-corrected chi connectivity index (χ1v) is 6.58. The number of aliphatic imine (C=N–C) groups is 1. The van der Waals surface area contributed by atoms with Crippen LogP contribution in [0.15, 0.2) is 23.2 Å². The van der Waals surface area contributed by atoms with E-state index >= 15 is 0 Å². The molecule has 0 aliphatic rings. The van der Waals surface area contributed by atoms with Crippen molar-refractivity contribution in [3.05, 3.63) is 26.8 Å². The molecule has 0 spiro atoms. The molecule has 1 aromatic carbocycles. The normalized spacial score (nSPS) is 10.9. The summed E-state index contributed by atoms with van der Waals surface area (Å²) in [7, 11) is 0. The molecule has 0 aliphatic heterocycles. The van der Waals surface area contributed by atoms with Crippen LogP contribution in [0.5, 0.6) is 0 Å². The highest BCUT2D eigenvalue weighted by molar-refractivity contribution is 14.1. The Kier molecular flexibility index (Phi) is 5.22. The first-order chi connectivity index (χ1) is 7.17. The zero-order chi connectivity index (χ0) is 11.3. The van der Waals surface area contributed by atoms with Crippen LogP contribution in [0.25, 0.3) is 0 Å². The summed E-state index contributed by atoms with van der Waals surface area (Å²) in [6, 6.07) is 5.41. The van der Waals surface area contributed by atoms with Gasteiger partial charge in [-0.2, -0.15) is 5.26 Å². The van der Waals surface area contributed by atoms with Crippen LogP contribution >= 0.6 is 46.0 Å². The minimum atomic E-state index is 0.567. The maximum absolute atomic E-state index is 8.48. The molecule has 0 fully saturated rings. The van der Waals surface area contributed by atoms with E-state index in [9.17, 15) is 0 Å². The molecule has 0 aromatic heterocycles. The van der Waals surface area contributed by atoms with E-state index in [2.05, 4.69) is 32.9 Å². The average Bonchev–Trinajstić information content (AvgIpc) is 2.21. The Bertz CT molecular complexity index is 428. The molecule has 0 aliphatic carbocycles. The standard InChI is InChI=1S/C9H7ClIN3S/c1-15-9(13-5-12)14-8-3-2-6(10)4-7(8)11/h2-4H,1H3,(H,13,14). The quantitative estimate of drug-likeness (QED) is 0.277. The van der Waals surface area contributed by atoms with E-state index in [0.29, 0.717) is 10.2 Å². The summed E-state index contributed by atoms with van der Waals surface area (Å²) in [5.41, 5.74) is 0.798. The molecule has 6 heteroatoms. The highest BCUT2D eigenvalue weighted by Crippen LogP contribution is 2.25. The second-order valence-electron chi connectivity index (χ2n) is 2.45. The summed E-state index contributed by atoms with van der Waals surface area (Å²) in [6.07, 6.45) is 3.69. The largest absolute Gasteiger partial charge is 0.271 e. The lowest BCUT2D eigenvalue weighted by molar-refractivity contribution is 1.28. The summed E-state index contributed by atoms with van der Waals surface area (Å²) in [4.78, 5) is 4.29. The molecule has 0 bridgehead atoms. The van der Waals surface area contributed by atoms with E-state index in [4.69, 9.17) is 16.9 Å². The molecule has 0 unspecified atom stereocenters. The Morgan fingerprint density at radius 1 is 1.67 bits per heavy atom. The number of nitrogens with zero attached hydrogens (tertiary/aromatic N) is 2. The van der Waals surface area contributed by atoms with Gasteiger partial charge in [0, 0.05) is 8.59 Å². The Labute approximate surface area is 111 Å². The van der Waals surface area contributed by atoms with Gasteiger partial charge in [-0.15, -0.1) is 0 Å². The molecule has 78 valence electrons. The minimum Gasteiger partial charge on any atom is -0.271 e. The summed E-state index contributed by atoms with van der Waals surface area (Å²) in [5, 5.41) is 12.2. The van der Waals surface area contributed by atoms with Crippen molar-refractivity contribution in [2.45, 2.75) is 0 Å². The van der Waals surface area contributed by atoms with Crippen molar-refractivity contribution in [2.75, 3.05) is 6.26 Å². The Hall–Kier alpha value is -0.450. The zero-order valence-corrected chi connectivity index (χ0v) is 11.5. The predicted molar refractivity (Wildman–Crippen MR) is 73.5 cm³/mol. The lowest BCUT2D eigenvalue weighted by atomic mass is 10.3. The SMILES string of the molecule is CSC(=Nc1ccc(Cl)cc1I)NC#N. The van der Waals surface area contributed by atoms with Crippen LogP contribution in [-0.4, -0.2) is 11.4 Å². The van der Waals surface area contributed by atoms with Crippen molar-refractivity contribution >= 4 is 56.8 Å². The molecule has 15 heavy (non-hydrogen) atoms. The molecule has 3 nitrogen and oxygen atoms in total. The fourth-order valence-electron chi connectivity index (χ4n) is 0.854. The highest BCUT2D eigenvalue weighted by atomic mass is 127. The van der Waals surface area contributed by atoms with Crippen LogP contribution in [0.1, 0.15) is 0 Å². The monoisotopic (exact) mass is 351 g/mol. The third-order valence-corrected chi connectivity index (χ3v) is 3.17. The summed E-state index contributed by atoms with van der Waals surface area (Å²) < 4.78 is 0.950. The first kappa shape index (κ1) is 12.6. The summed E-state index contributed by atoms with van der Waals surface area (Å²) >= 11 is 9.36. The summed E-state index contributed by atoms with van der Waals surface area (Å²) in [5.74, 6) is 0. The molecule has 1 aromatic rings. The van der Waals surface area contributed by atoms with Crippen molar-refractivity contribution in [2.24, 2.45) is 4.99 Å². The van der Waals surface area contributed by atoms with Crippen LogP contribution in [-0.2, 0) is 0 Å². The molecule has 0 saturated carbocycles. The van der Waals surface area contributed by atoms with E-state index in [1.54, 1.807) is 6.07 Å². The third kappa shape index (κ3) is 3.89. The molecule has 0 saturated heterocycles. The minimum absolute atomic E-state index is 0.567. The van der Waals surface area contributed by atoms with Crippen molar-refractivity contribution in [3.63, 3.8) is 0 Å². The topological polar surface area (TPSA) is 48.2 Å². The van der Waals surface area contributed by atoms with Crippen molar-refractivity contribution in [3.8, 4) is 6.19 Å². The summed E-state index contributed by atoms with van der Waals surface area (Å²) in [6.45, 7) is 0. The van der Waals surface area contributed by atoms with Gasteiger partial charge in [0.2, 0.25) is 0 Å².